The molecule has 0 radical (unpaired) electrons. The van der Waals surface area contributed by atoms with E-state index in [2.05, 4.69) is 124 Å². The summed E-state index contributed by atoms with van der Waals surface area (Å²) in [6.45, 7) is 25.2. The number of hydrogen-bond acceptors (Lipinski definition) is 0. The van der Waals surface area contributed by atoms with Gasteiger partial charge in [-0.05, 0) is 28.4 Å². The van der Waals surface area contributed by atoms with Crippen LogP contribution in [0, 0.1) is 19.9 Å². The zero-order chi connectivity index (χ0) is 29.2. The van der Waals surface area contributed by atoms with Crippen LogP contribution in [0.2, 0.25) is 19.6 Å². The van der Waals surface area contributed by atoms with Crippen LogP contribution < -0.4 is 30.0 Å². The maximum absolute atomic E-state index is 3.67. The number of halogens is 2. The van der Waals surface area contributed by atoms with Gasteiger partial charge in [0, 0.05) is 8.07 Å². The van der Waals surface area contributed by atoms with Gasteiger partial charge in [-0.3, -0.25) is 0 Å². The van der Waals surface area contributed by atoms with Crippen molar-refractivity contribution in [1.29, 1.82) is 0 Å². The Kier molecular flexibility index (Phi) is 14.4. The zero-order valence-electron chi connectivity index (χ0n) is 27.5. The Hall–Kier alpha value is -0.660. The fourth-order valence-corrected chi connectivity index (χ4v) is 8.40. The van der Waals surface area contributed by atoms with Gasteiger partial charge in [0.2, 0.25) is 0 Å². The second kappa shape index (κ2) is 15.4. The van der Waals surface area contributed by atoms with Gasteiger partial charge in [-0.15, -0.1) is 11.1 Å². The van der Waals surface area contributed by atoms with Crippen LogP contribution in [0.15, 0.2) is 42.5 Å². The summed E-state index contributed by atoms with van der Waals surface area (Å²) in [7, 11) is -1.06. The number of benzene rings is 2. The van der Waals surface area contributed by atoms with E-state index in [0.29, 0.717) is 0 Å². The monoisotopic (exact) mass is 684 g/mol. The molecule has 1 saturated carbocycles. The summed E-state index contributed by atoms with van der Waals surface area (Å²) in [4.78, 5) is 0. The third-order valence-corrected chi connectivity index (χ3v) is 11.4. The van der Waals surface area contributed by atoms with Crippen molar-refractivity contribution in [2.24, 2.45) is 0 Å². The summed E-state index contributed by atoms with van der Waals surface area (Å²) in [5.41, 5.74) is 11.6. The summed E-state index contributed by atoms with van der Waals surface area (Å²) >= 11 is 1.69. The first-order valence-electron chi connectivity index (χ1n) is 15.0. The van der Waals surface area contributed by atoms with Crippen LogP contribution in [0.25, 0.3) is 11.1 Å². The molecule has 1 fully saturated rings. The van der Waals surface area contributed by atoms with Crippen LogP contribution in [0.1, 0.15) is 107 Å². The second-order valence-corrected chi connectivity index (χ2v) is 21.6. The van der Waals surface area contributed by atoms with E-state index >= 15 is 0 Å². The standard InChI is InChI=1S/C21H25.C10H17Si.C6H10.2ClH.Zr/c1-20(2,3)16-7-9-18-14(12-16)11-15-13-17(21(4,5)6)8-10-19(15)18;1-8-6-9(2)10(7-8)11(3,4)5;1-2-4-6-5-3-1;;;/h7-10,12H,11H2,1-6H3;6-7H,1-5H3;1-5H2;2*1H;/q2*-1;;;;+2/p-2. The third kappa shape index (κ3) is 10.8. The van der Waals surface area contributed by atoms with Crippen molar-refractivity contribution in [3.05, 3.63) is 81.9 Å². The molecule has 4 heteroatoms. The number of fused-ring (bicyclic) bond motifs is 3. The minimum atomic E-state index is -1.06. The molecule has 0 bridgehead atoms. The van der Waals surface area contributed by atoms with Crippen molar-refractivity contribution >= 4 is 16.5 Å². The predicted molar refractivity (Wildman–Crippen MR) is 174 cm³/mol. The third-order valence-electron chi connectivity index (χ3n) is 7.97. The molecule has 0 amide bonds. The van der Waals surface area contributed by atoms with Gasteiger partial charge in [-0.1, -0.05) is 98.8 Å². The summed E-state index contributed by atoms with van der Waals surface area (Å²) < 4.78 is 1.80. The van der Waals surface area contributed by atoms with Crippen LogP contribution in [0.4, 0.5) is 0 Å². The molecule has 3 aromatic carbocycles. The second-order valence-electron chi connectivity index (χ2n) is 14.9. The van der Waals surface area contributed by atoms with Gasteiger partial charge < -0.3 is 24.8 Å². The molecule has 0 N–H and O–H groups in total. The van der Waals surface area contributed by atoms with Crippen molar-refractivity contribution in [3.63, 3.8) is 0 Å². The van der Waals surface area contributed by atoms with E-state index in [-0.39, 0.29) is 35.6 Å². The van der Waals surface area contributed by atoms with Gasteiger partial charge in [0.25, 0.3) is 0 Å². The van der Waals surface area contributed by atoms with Crippen LogP contribution in [-0.4, -0.2) is 11.3 Å². The molecule has 41 heavy (non-hydrogen) atoms. The molecule has 0 aromatic heterocycles. The molecule has 0 unspecified atom stereocenters. The average molecular weight is 687 g/mol. The molecule has 0 nitrogen and oxygen atoms in total. The van der Waals surface area contributed by atoms with Crippen molar-refractivity contribution < 1.29 is 49.0 Å². The molecule has 0 aliphatic heterocycles. The van der Waals surface area contributed by atoms with Crippen molar-refractivity contribution in [1.82, 2.24) is 0 Å². The molecule has 0 heterocycles. The summed E-state index contributed by atoms with van der Waals surface area (Å²) in [6, 6.07) is 19.8. The first kappa shape index (κ1) is 38.4. The first-order chi connectivity index (χ1) is 18.0. The molecule has 3 aromatic rings. The molecular weight excluding hydrogens is 635 g/mol. The number of aryl methyl sites for hydroxylation is 2. The Morgan fingerprint density at radius 2 is 1.37 bits per heavy atom. The average Bonchev–Trinajstić information content (AvgIpc) is 3.37. The molecule has 0 spiro atoms. The summed E-state index contributed by atoms with van der Waals surface area (Å²) in [6.07, 6.45) is 8.34. The fraction of sp³-hybridized carbons (Fsp3) is 0.514. The van der Waals surface area contributed by atoms with Crippen LogP contribution in [0.5, 0.6) is 0 Å². The van der Waals surface area contributed by atoms with Gasteiger partial charge >= 0.3 is 59.5 Å². The van der Waals surface area contributed by atoms with Gasteiger partial charge in [0.1, 0.15) is 0 Å². The normalized spacial score (nSPS) is 14.3. The van der Waals surface area contributed by atoms with E-state index in [4.69, 9.17) is 0 Å². The topological polar surface area (TPSA) is 0 Å². The first-order valence-corrected chi connectivity index (χ1v) is 19.7. The van der Waals surface area contributed by atoms with Crippen molar-refractivity contribution in [2.75, 3.05) is 0 Å². The minimum absolute atomic E-state index is 0. The predicted octanol–water partition coefficient (Wildman–Crippen LogP) is 3.90. The Bertz CT molecular complexity index is 1230. The van der Waals surface area contributed by atoms with Gasteiger partial charge in [0.05, 0.1) is 0 Å². The molecule has 0 saturated heterocycles. The van der Waals surface area contributed by atoms with Crippen molar-refractivity contribution in [2.45, 2.75) is 124 Å². The van der Waals surface area contributed by atoms with E-state index in [0.717, 1.165) is 6.42 Å². The maximum atomic E-state index is 3.67. The summed E-state index contributed by atoms with van der Waals surface area (Å²) in [5, 5.41) is 1.62. The Morgan fingerprint density at radius 3 is 1.78 bits per heavy atom. The number of hydrogen-bond donors (Lipinski definition) is 0. The SMILES string of the molecule is CC(C)(C)c1[c-]c2c(cc1)-c1ccc(C(C)(C)C)cc1C2.Cc1cc([Si](C)(C)C)c(C)[cH-]1.[Cl-].[Cl-].[Zr+2]=[C]1CCCCC1. The van der Waals surface area contributed by atoms with E-state index in [9.17, 15) is 0 Å². The van der Waals surface area contributed by atoms with Crippen LogP contribution in [-0.2, 0) is 41.5 Å². The van der Waals surface area contributed by atoms with Crippen LogP contribution in [0.3, 0.4) is 0 Å². The molecule has 5 rings (SSSR count). The van der Waals surface area contributed by atoms with E-state index in [1.165, 1.54) is 76.6 Å². The molecule has 2 aliphatic carbocycles. The Balaban J connectivity index is 0.000000353. The van der Waals surface area contributed by atoms with Crippen LogP contribution >= 0.6 is 0 Å². The summed E-state index contributed by atoms with van der Waals surface area (Å²) in [5.74, 6) is 0. The Morgan fingerprint density at radius 1 is 0.780 bits per heavy atom. The molecule has 0 atom stereocenters. The van der Waals surface area contributed by atoms with Gasteiger partial charge in [-0.2, -0.15) is 46.1 Å². The van der Waals surface area contributed by atoms with E-state index in [1.807, 2.05) is 0 Å². The van der Waals surface area contributed by atoms with Gasteiger partial charge in [-0.25, -0.2) is 6.07 Å². The molecule has 2 aliphatic rings. The Labute approximate surface area is 281 Å². The molecule has 224 valence electrons. The van der Waals surface area contributed by atoms with Gasteiger partial charge in [0.15, 0.2) is 0 Å². The van der Waals surface area contributed by atoms with Crippen molar-refractivity contribution in [3.8, 4) is 11.1 Å². The number of rotatable bonds is 1. The molecular formula is C37H52Cl2SiZr-2. The fourth-order valence-electron chi connectivity index (χ4n) is 5.62. The van der Waals surface area contributed by atoms with E-state index < -0.39 is 8.07 Å². The quantitative estimate of drug-likeness (QED) is 0.211. The van der Waals surface area contributed by atoms with E-state index in [1.54, 1.807) is 32.6 Å². The zero-order valence-corrected chi connectivity index (χ0v) is 32.5.